The maximum absolute atomic E-state index is 13.3. The zero-order chi connectivity index (χ0) is 24.0. The molecule has 0 spiro atoms. The first-order chi connectivity index (χ1) is 16.4. The highest BCUT2D eigenvalue weighted by Gasteiger charge is 2.24. The summed E-state index contributed by atoms with van der Waals surface area (Å²) in [5.74, 6) is -0.218. The van der Waals surface area contributed by atoms with E-state index in [1.165, 1.54) is 12.3 Å². The monoisotopic (exact) mass is 461 g/mol. The fourth-order valence-corrected chi connectivity index (χ4v) is 4.45. The highest BCUT2D eigenvalue weighted by molar-refractivity contribution is 5.90. The third kappa shape index (κ3) is 3.68. The van der Waals surface area contributed by atoms with Crippen LogP contribution in [0.3, 0.4) is 0 Å². The molecule has 4 N–H and O–H groups in total. The molecule has 0 bridgehead atoms. The van der Waals surface area contributed by atoms with Crippen LogP contribution in [-0.2, 0) is 19.5 Å². The summed E-state index contributed by atoms with van der Waals surface area (Å²) in [4.78, 5) is 15.3. The van der Waals surface area contributed by atoms with Gasteiger partial charge in [0.15, 0.2) is 11.5 Å². The molecule has 0 unspecified atom stereocenters. The summed E-state index contributed by atoms with van der Waals surface area (Å²) in [7, 11) is 1.55. The number of methoxy groups -OCH3 is 1. The molecule has 2 heterocycles. The third-order valence-corrected chi connectivity index (χ3v) is 6.28. The van der Waals surface area contributed by atoms with E-state index in [0.29, 0.717) is 36.4 Å². The lowest BCUT2D eigenvalue weighted by Crippen LogP contribution is -2.30. The zero-order valence-electron chi connectivity index (χ0n) is 18.4. The lowest BCUT2D eigenvalue weighted by molar-refractivity contribution is 0.241. The fourth-order valence-electron chi connectivity index (χ4n) is 4.45. The van der Waals surface area contributed by atoms with Crippen LogP contribution >= 0.6 is 0 Å². The van der Waals surface area contributed by atoms with Crippen molar-refractivity contribution in [2.75, 3.05) is 13.7 Å². The van der Waals surface area contributed by atoms with Gasteiger partial charge in [-0.05, 0) is 47.4 Å². The number of aromatic hydroxyl groups is 4. The van der Waals surface area contributed by atoms with Gasteiger partial charge in [0.1, 0.15) is 34.5 Å². The van der Waals surface area contributed by atoms with E-state index in [2.05, 4.69) is 0 Å². The van der Waals surface area contributed by atoms with Gasteiger partial charge in [0, 0.05) is 25.7 Å². The van der Waals surface area contributed by atoms with Gasteiger partial charge in [0.25, 0.3) is 0 Å². The van der Waals surface area contributed by atoms with Crippen LogP contribution in [0.2, 0.25) is 0 Å². The van der Waals surface area contributed by atoms with Crippen LogP contribution in [0, 0.1) is 0 Å². The van der Waals surface area contributed by atoms with E-state index in [4.69, 9.17) is 9.15 Å². The molecular formula is C26H23NO7. The van der Waals surface area contributed by atoms with Crippen LogP contribution in [0.25, 0.3) is 22.1 Å². The average Bonchev–Trinajstić information content (AvgIpc) is 2.82. The molecule has 8 nitrogen and oxygen atoms in total. The SMILES string of the molecule is COc1ccc(-c2coc3c(CN4CCc5cc(O)c(O)cc5C4)c(O)cc(O)c3c2=O)cc1. The first kappa shape index (κ1) is 21.7. The summed E-state index contributed by atoms with van der Waals surface area (Å²) >= 11 is 0. The van der Waals surface area contributed by atoms with Gasteiger partial charge in [-0.25, -0.2) is 0 Å². The van der Waals surface area contributed by atoms with Crippen molar-refractivity contribution in [1.82, 2.24) is 4.90 Å². The molecule has 1 aliphatic heterocycles. The molecule has 8 heteroatoms. The maximum Gasteiger partial charge on any atom is 0.204 e. The van der Waals surface area contributed by atoms with Crippen LogP contribution in [0.4, 0.5) is 0 Å². The number of nitrogens with zero attached hydrogens (tertiary/aromatic N) is 1. The van der Waals surface area contributed by atoms with E-state index >= 15 is 0 Å². The van der Waals surface area contributed by atoms with Gasteiger partial charge in [-0.1, -0.05) is 12.1 Å². The van der Waals surface area contributed by atoms with Gasteiger partial charge in [-0.15, -0.1) is 0 Å². The molecule has 0 saturated carbocycles. The molecule has 4 aromatic rings. The molecule has 0 saturated heterocycles. The van der Waals surface area contributed by atoms with E-state index in [-0.39, 0.29) is 46.1 Å². The van der Waals surface area contributed by atoms with Crippen LogP contribution in [0.15, 0.2) is 57.9 Å². The number of hydrogen-bond acceptors (Lipinski definition) is 8. The van der Waals surface area contributed by atoms with Crippen LogP contribution in [-0.4, -0.2) is 39.0 Å². The summed E-state index contributed by atoms with van der Waals surface area (Å²) in [5.41, 5.74) is 2.81. The van der Waals surface area contributed by atoms with Crippen molar-refractivity contribution < 1.29 is 29.6 Å². The molecule has 0 aliphatic carbocycles. The number of phenolic OH excluding ortho intramolecular Hbond substituents is 4. The zero-order valence-corrected chi connectivity index (χ0v) is 18.4. The average molecular weight is 461 g/mol. The van der Waals surface area contributed by atoms with Crippen molar-refractivity contribution >= 4 is 11.0 Å². The van der Waals surface area contributed by atoms with E-state index < -0.39 is 5.43 Å². The highest BCUT2D eigenvalue weighted by atomic mass is 16.5. The van der Waals surface area contributed by atoms with Gasteiger partial charge < -0.3 is 29.6 Å². The van der Waals surface area contributed by atoms with Crippen molar-refractivity contribution in [3.05, 3.63) is 75.6 Å². The minimum atomic E-state index is -0.408. The lowest BCUT2D eigenvalue weighted by Gasteiger charge is -2.29. The molecule has 0 fully saturated rings. The Morgan fingerprint density at radius 3 is 2.35 bits per heavy atom. The molecule has 0 radical (unpaired) electrons. The van der Waals surface area contributed by atoms with Crippen molar-refractivity contribution in [3.8, 4) is 39.9 Å². The Labute approximate surface area is 194 Å². The largest absolute Gasteiger partial charge is 0.507 e. The number of benzene rings is 3. The second-order valence-electron chi connectivity index (χ2n) is 8.37. The summed E-state index contributed by atoms with van der Waals surface area (Å²) in [6.07, 6.45) is 1.98. The number of hydrogen-bond donors (Lipinski definition) is 4. The van der Waals surface area contributed by atoms with Gasteiger partial charge in [-0.2, -0.15) is 0 Å². The molecule has 0 atom stereocenters. The Bertz CT molecular complexity index is 1460. The fraction of sp³-hybridized carbons (Fsp3) is 0.192. The molecule has 5 rings (SSSR count). The topological polar surface area (TPSA) is 124 Å². The smallest absolute Gasteiger partial charge is 0.204 e. The van der Waals surface area contributed by atoms with Crippen molar-refractivity contribution in [2.24, 2.45) is 0 Å². The molecule has 0 amide bonds. The second kappa shape index (κ2) is 8.31. The normalized spacial score (nSPS) is 13.7. The number of phenols is 4. The third-order valence-electron chi connectivity index (χ3n) is 6.28. The van der Waals surface area contributed by atoms with Crippen LogP contribution < -0.4 is 10.2 Å². The Morgan fingerprint density at radius 2 is 1.65 bits per heavy atom. The summed E-state index contributed by atoms with van der Waals surface area (Å²) in [5, 5.41) is 40.7. The molecule has 1 aliphatic rings. The number of fused-ring (bicyclic) bond motifs is 2. The van der Waals surface area contributed by atoms with Crippen LogP contribution in [0.1, 0.15) is 16.7 Å². The minimum absolute atomic E-state index is 0.00101. The van der Waals surface area contributed by atoms with Crippen molar-refractivity contribution in [2.45, 2.75) is 19.5 Å². The summed E-state index contributed by atoms with van der Waals surface area (Å²) in [6, 6.07) is 11.2. The number of ether oxygens (including phenoxy) is 1. The number of rotatable bonds is 4. The second-order valence-corrected chi connectivity index (χ2v) is 8.37. The molecule has 34 heavy (non-hydrogen) atoms. The van der Waals surface area contributed by atoms with E-state index in [1.807, 2.05) is 4.90 Å². The Hall–Kier alpha value is -4.17. The Kier molecular flexibility index (Phi) is 5.30. The standard InChI is InChI=1S/C26H23NO7/c1-33-17-4-2-14(3-5-17)19-13-34-26-18(20(28)10-23(31)24(26)25(19)32)12-27-7-6-15-8-21(29)22(30)9-16(15)11-27/h2-5,8-10,13,28-31H,6-7,11-12H2,1H3. The Morgan fingerprint density at radius 1 is 0.941 bits per heavy atom. The molecule has 1 aromatic heterocycles. The van der Waals surface area contributed by atoms with Crippen LogP contribution in [0.5, 0.6) is 28.7 Å². The Balaban J connectivity index is 1.53. The predicted octanol–water partition coefficient (Wildman–Crippen LogP) is 3.85. The quantitative estimate of drug-likeness (QED) is 0.338. The van der Waals surface area contributed by atoms with E-state index in [9.17, 15) is 25.2 Å². The first-order valence-electron chi connectivity index (χ1n) is 10.8. The van der Waals surface area contributed by atoms with Gasteiger partial charge in [0.05, 0.1) is 18.2 Å². The summed E-state index contributed by atoms with van der Waals surface area (Å²) in [6.45, 7) is 1.36. The van der Waals surface area contributed by atoms with E-state index in [1.54, 1.807) is 37.4 Å². The van der Waals surface area contributed by atoms with Gasteiger partial charge in [-0.3, -0.25) is 9.69 Å². The molecule has 3 aromatic carbocycles. The van der Waals surface area contributed by atoms with E-state index in [0.717, 1.165) is 17.2 Å². The van der Waals surface area contributed by atoms with Crippen molar-refractivity contribution in [3.63, 3.8) is 0 Å². The molecular weight excluding hydrogens is 438 g/mol. The predicted molar refractivity (Wildman–Crippen MR) is 125 cm³/mol. The summed E-state index contributed by atoms with van der Waals surface area (Å²) < 4.78 is 11.0. The lowest BCUT2D eigenvalue weighted by atomic mass is 9.97. The van der Waals surface area contributed by atoms with Gasteiger partial charge in [0.2, 0.25) is 5.43 Å². The molecule has 174 valence electrons. The van der Waals surface area contributed by atoms with Gasteiger partial charge >= 0.3 is 0 Å². The highest BCUT2D eigenvalue weighted by Crippen LogP contribution is 2.37. The maximum atomic E-state index is 13.3. The van der Waals surface area contributed by atoms with Crippen molar-refractivity contribution in [1.29, 1.82) is 0 Å². The first-order valence-corrected chi connectivity index (χ1v) is 10.8. The minimum Gasteiger partial charge on any atom is -0.507 e.